The Kier molecular flexibility index (Phi) is 6.93. The normalized spacial score (nSPS) is 18.3. The first-order valence-electron chi connectivity index (χ1n) is 9.73. The van der Waals surface area contributed by atoms with Crippen molar-refractivity contribution in [1.82, 2.24) is 10.3 Å². The third-order valence-corrected chi connectivity index (χ3v) is 5.39. The van der Waals surface area contributed by atoms with Gasteiger partial charge in [0, 0.05) is 12.2 Å². The lowest BCUT2D eigenvalue weighted by molar-refractivity contribution is 0.216. The van der Waals surface area contributed by atoms with Gasteiger partial charge in [0.1, 0.15) is 23.9 Å². The quantitative estimate of drug-likeness (QED) is 0.684. The highest BCUT2D eigenvalue weighted by Crippen LogP contribution is 2.28. The molecule has 146 valence electrons. The highest BCUT2D eigenvalue weighted by Gasteiger charge is 2.18. The van der Waals surface area contributed by atoms with Crippen molar-refractivity contribution in [1.29, 1.82) is 0 Å². The predicted octanol–water partition coefficient (Wildman–Crippen LogP) is 4.04. The zero-order valence-corrected chi connectivity index (χ0v) is 16.5. The van der Waals surface area contributed by atoms with E-state index in [9.17, 15) is 0 Å². The summed E-state index contributed by atoms with van der Waals surface area (Å²) in [5.74, 6) is 3.44. The van der Waals surface area contributed by atoms with E-state index in [4.69, 9.17) is 14.2 Å². The van der Waals surface area contributed by atoms with Gasteiger partial charge in [-0.3, -0.25) is 4.98 Å². The fourth-order valence-electron chi connectivity index (χ4n) is 3.06. The van der Waals surface area contributed by atoms with E-state index >= 15 is 0 Å². The molecule has 27 heavy (non-hydrogen) atoms. The Morgan fingerprint density at radius 3 is 2.48 bits per heavy atom. The molecule has 1 saturated heterocycles. The van der Waals surface area contributed by atoms with Crippen LogP contribution in [0.25, 0.3) is 0 Å². The number of hydrogen-bond acceptors (Lipinski definition) is 5. The molecule has 1 aromatic carbocycles. The van der Waals surface area contributed by atoms with Crippen LogP contribution in [0.3, 0.4) is 0 Å². The Morgan fingerprint density at radius 2 is 1.81 bits per heavy atom. The molecular formula is C22H30N2O3. The molecule has 5 nitrogen and oxygen atoms in total. The molecule has 3 atom stereocenters. The molecule has 3 rings (SSSR count). The van der Waals surface area contributed by atoms with Crippen LogP contribution in [0.2, 0.25) is 0 Å². The number of benzene rings is 1. The van der Waals surface area contributed by atoms with Gasteiger partial charge in [0.25, 0.3) is 0 Å². The fraction of sp³-hybridized carbons (Fsp3) is 0.500. The number of nitrogens with one attached hydrogen (secondary N) is 1. The fourth-order valence-corrected chi connectivity index (χ4v) is 3.06. The van der Waals surface area contributed by atoms with Crippen LogP contribution in [-0.2, 0) is 0 Å². The summed E-state index contributed by atoms with van der Waals surface area (Å²) in [5, 5.41) is 3.35. The molecule has 0 bridgehead atoms. The maximum absolute atomic E-state index is 5.88. The molecule has 1 N–H and O–H groups in total. The van der Waals surface area contributed by atoms with Crippen LogP contribution in [0.1, 0.15) is 38.2 Å². The van der Waals surface area contributed by atoms with Gasteiger partial charge in [-0.2, -0.15) is 0 Å². The van der Waals surface area contributed by atoms with Gasteiger partial charge >= 0.3 is 0 Å². The molecule has 2 aromatic rings. The molecule has 5 heteroatoms. The van der Waals surface area contributed by atoms with Crippen molar-refractivity contribution in [3.05, 3.63) is 48.3 Å². The average Bonchev–Trinajstić information content (AvgIpc) is 2.67. The van der Waals surface area contributed by atoms with Crippen molar-refractivity contribution in [3.63, 3.8) is 0 Å². The zero-order chi connectivity index (χ0) is 19.1. The Morgan fingerprint density at radius 1 is 1.07 bits per heavy atom. The molecule has 0 aliphatic carbocycles. The number of nitrogens with zero attached hydrogens (tertiary/aromatic N) is 1. The van der Waals surface area contributed by atoms with E-state index in [1.807, 2.05) is 30.5 Å². The van der Waals surface area contributed by atoms with E-state index in [0.29, 0.717) is 31.1 Å². The summed E-state index contributed by atoms with van der Waals surface area (Å²) < 4.78 is 16.9. The second-order valence-corrected chi connectivity index (χ2v) is 7.28. The molecule has 1 aliphatic heterocycles. The third-order valence-electron chi connectivity index (χ3n) is 5.39. The molecule has 1 aromatic heterocycles. The summed E-state index contributed by atoms with van der Waals surface area (Å²) in [4.78, 5) is 4.37. The van der Waals surface area contributed by atoms with E-state index in [-0.39, 0.29) is 0 Å². The summed E-state index contributed by atoms with van der Waals surface area (Å²) in [6.07, 6.45) is 5.91. The van der Waals surface area contributed by atoms with E-state index in [1.165, 1.54) is 12.0 Å². The lowest BCUT2D eigenvalue weighted by Crippen LogP contribution is -2.46. The van der Waals surface area contributed by atoms with Gasteiger partial charge in [-0.15, -0.1) is 0 Å². The van der Waals surface area contributed by atoms with Gasteiger partial charge in [0.2, 0.25) is 0 Å². The van der Waals surface area contributed by atoms with Gasteiger partial charge in [-0.05, 0) is 67.1 Å². The van der Waals surface area contributed by atoms with Crippen LogP contribution in [0.5, 0.6) is 17.2 Å². The summed E-state index contributed by atoms with van der Waals surface area (Å²) in [6, 6.07) is 10.3. The van der Waals surface area contributed by atoms with Gasteiger partial charge in [-0.1, -0.05) is 13.8 Å². The highest BCUT2D eigenvalue weighted by molar-refractivity contribution is 5.31. The van der Waals surface area contributed by atoms with Crippen molar-refractivity contribution in [2.75, 3.05) is 26.9 Å². The lowest BCUT2D eigenvalue weighted by Gasteiger charge is -2.27. The van der Waals surface area contributed by atoms with E-state index in [2.05, 4.69) is 30.2 Å². The molecule has 0 radical (unpaired) electrons. The minimum absolute atomic E-state index is 0.391. The van der Waals surface area contributed by atoms with Gasteiger partial charge in [0.05, 0.1) is 19.9 Å². The van der Waals surface area contributed by atoms with E-state index in [0.717, 1.165) is 30.2 Å². The van der Waals surface area contributed by atoms with Crippen LogP contribution in [0.15, 0.2) is 42.7 Å². The van der Waals surface area contributed by atoms with Crippen molar-refractivity contribution in [3.8, 4) is 17.2 Å². The standard InChI is InChI=1S/C22H30N2O3/c1-16(9-11-26-21-6-4-20(25-3)5-7-21)17(2)18-12-22(14-23-13-18)27-15-19-8-10-24-19/h4-7,12-14,16-17,19,24H,8-11,15H2,1-3H3/t16-,17+,19+/m1/s1. The maximum Gasteiger partial charge on any atom is 0.137 e. The van der Waals surface area contributed by atoms with E-state index < -0.39 is 0 Å². The molecule has 0 saturated carbocycles. The topological polar surface area (TPSA) is 52.6 Å². The van der Waals surface area contributed by atoms with Crippen LogP contribution in [0.4, 0.5) is 0 Å². The molecule has 2 heterocycles. The van der Waals surface area contributed by atoms with E-state index in [1.54, 1.807) is 13.3 Å². The van der Waals surface area contributed by atoms with Crippen molar-refractivity contribution >= 4 is 0 Å². The second kappa shape index (κ2) is 9.60. The molecular weight excluding hydrogens is 340 g/mol. The summed E-state index contributed by atoms with van der Waals surface area (Å²) >= 11 is 0. The minimum atomic E-state index is 0.391. The average molecular weight is 370 g/mol. The summed E-state index contributed by atoms with van der Waals surface area (Å²) in [7, 11) is 1.66. The number of aromatic nitrogens is 1. The van der Waals surface area contributed by atoms with Crippen LogP contribution >= 0.6 is 0 Å². The van der Waals surface area contributed by atoms with Crippen molar-refractivity contribution in [2.45, 2.75) is 38.6 Å². The Labute approximate surface area is 162 Å². The smallest absolute Gasteiger partial charge is 0.137 e. The monoisotopic (exact) mass is 370 g/mol. The molecule has 0 spiro atoms. The molecule has 0 amide bonds. The van der Waals surface area contributed by atoms with Gasteiger partial charge in [0.15, 0.2) is 0 Å². The van der Waals surface area contributed by atoms with Crippen LogP contribution in [-0.4, -0.2) is 37.9 Å². The Bertz CT molecular complexity index is 701. The first kappa shape index (κ1) is 19.5. The van der Waals surface area contributed by atoms with Crippen molar-refractivity contribution < 1.29 is 14.2 Å². The number of pyridine rings is 1. The first-order valence-corrected chi connectivity index (χ1v) is 9.73. The predicted molar refractivity (Wildman–Crippen MR) is 107 cm³/mol. The SMILES string of the molecule is COc1ccc(OCC[C@@H](C)[C@H](C)c2cncc(OC[C@@H]3CCN3)c2)cc1. The lowest BCUT2D eigenvalue weighted by atomic mass is 9.88. The number of hydrogen-bond donors (Lipinski definition) is 1. The second-order valence-electron chi connectivity index (χ2n) is 7.28. The molecule has 0 unspecified atom stereocenters. The minimum Gasteiger partial charge on any atom is -0.497 e. The van der Waals surface area contributed by atoms with Crippen LogP contribution in [0, 0.1) is 5.92 Å². The number of methoxy groups -OCH3 is 1. The first-order chi connectivity index (χ1) is 13.2. The number of rotatable bonds is 10. The van der Waals surface area contributed by atoms with Crippen molar-refractivity contribution in [2.24, 2.45) is 5.92 Å². The van der Waals surface area contributed by atoms with Crippen LogP contribution < -0.4 is 19.5 Å². The number of ether oxygens (including phenoxy) is 3. The Balaban J connectivity index is 1.46. The summed E-state index contributed by atoms with van der Waals surface area (Å²) in [5.41, 5.74) is 1.21. The highest BCUT2D eigenvalue weighted by atomic mass is 16.5. The maximum atomic E-state index is 5.88. The Hall–Kier alpha value is -2.27. The molecule has 1 fully saturated rings. The summed E-state index contributed by atoms with van der Waals surface area (Å²) in [6.45, 7) is 7.00. The van der Waals surface area contributed by atoms with Gasteiger partial charge < -0.3 is 19.5 Å². The largest absolute Gasteiger partial charge is 0.497 e. The van der Waals surface area contributed by atoms with Gasteiger partial charge in [-0.25, -0.2) is 0 Å². The molecule has 1 aliphatic rings. The zero-order valence-electron chi connectivity index (χ0n) is 16.5. The third kappa shape index (κ3) is 5.60.